The van der Waals surface area contributed by atoms with Crippen molar-refractivity contribution >= 4 is 11.7 Å². The summed E-state index contributed by atoms with van der Waals surface area (Å²) in [4.78, 5) is 27.0. The van der Waals surface area contributed by atoms with Crippen LogP contribution in [-0.4, -0.2) is 65.9 Å². The summed E-state index contributed by atoms with van der Waals surface area (Å²) in [5.74, 6) is 1.20. The molecule has 0 spiro atoms. The van der Waals surface area contributed by atoms with E-state index < -0.39 is 0 Å². The molecule has 0 atom stereocenters. The van der Waals surface area contributed by atoms with Crippen LogP contribution in [0.1, 0.15) is 52.4 Å². The monoisotopic (exact) mass is 335 g/mol. The van der Waals surface area contributed by atoms with Gasteiger partial charge in [-0.1, -0.05) is 13.8 Å². The molecule has 136 valence electrons. The number of hydrazine groups is 1. The Morgan fingerprint density at radius 1 is 0.750 bits per heavy atom. The lowest BCUT2D eigenvalue weighted by Gasteiger charge is -2.41. The summed E-state index contributed by atoms with van der Waals surface area (Å²) in [6, 6.07) is 0. The summed E-state index contributed by atoms with van der Waals surface area (Å²) in [6.45, 7) is 10.0. The van der Waals surface area contributed by atoms with Gasteiger partial charge in [0.2, 0.25) is 5.91 Å². The molecule has 3 fully saturated rings. The van der Waals surface area contributed by atoms with Crippen molar-refractivity contribution in [2.24, 2.45) is 17.8 Å². The maximum Gasteiger partial charge on any atom is 0.225 e. The SMILES string of the molecule is CC(C)C(=O)[C@H]1CC[C@H](C(=O)N2CCN(N3CCCC3)CC2)CC1. The first-order chi connectivity index (χ1) is 11.6. The zero-order valence-electron chi connectivity index (χ0n) is 15.4. The summed E-state index contributed by atoms with van der Waals surface area (Å²) < 4.78 is 0. The molecule has 0 aromatic carbocycles. The molecule has 2 saturated heterocycles. The van der Waals surface area contributed by atoms with E-state index in [-0.39, 0.29) is 17.8 Å². The number of rotatable bonds is 4. The second-order valence-corrected chi connectivity index (χ2v) is 8.05. The summed E-state index contributed by atoms with van der Waals surface area (Å²) in [6.07, 6.45) is 6.21. The molecule has 1 saturated carbocycles. The lowest BCUT2D eigenvalue weighted by molar-refractivity contribution is -0.143. The highest BCUT2D eigenvalue weighted by molar-refractivity contribution is 5.83. The fourth-order valence-corrected chi connectivity index (χ4v) is 4.54. The molecule has 0 N–H and O–H groups in total. The van der Waals surface area contributed by atoms with Gasteiger partial charge < -0.3 is 4.90 Å². The van der Waals surface area contributed by atoms with Crippen molar-refractivity contribution in [2.75, 3.05) is 39.3 Å². The predicted octanol–water partition coefficient (Wildman–Crippen LogP) is 2.17. The van der Waals surface area contributed by atoms with Gasteiger partial charge in [-0.3, -0.25) is 9.59 Å². The molecule has 0 aromatic heterocycles. The van der Waals surface area contributed by atoms with Gasteiger partial charge in [0.05, 0.1) is 0 Å². The molecule has 2 aliphatic heterocycles. The van der Waals surface area contributed by atoms with Gasteiger partial charge in [-0.2, -0.15) is 0 Å². The third-order valence-corrected chi connectivity index (χ3v) is 6.10. The smallest absolute Gasteiger partial charge is 0.225 e. The van der Waals surface area contributed by atoms with Crippen molar-refractivity contribution < 1.29 is 9.59 Å². The molecular formula is C19H33N3O2. The maximum atomic E-state index is 12.8. The largest absolute Gasteiger partial charge is 0.340 e. The first-order valence-corrected chi connectivity index (χ1v) is 9.88. The van der Waals surface area contributed by atoms with Gasteiger partial charge in [-0.15, -0.1) is 0 Å². The molecule has 0 unspecified atom stereocenters. The highest BCUT2D eigenvalue weighted by Crippen LogP contribution is 2.32. The average Bonchev–Trinajstić information content (AvgIpc) is 3.15. The van der Waals surface area contributed by atoms with Gasteiger partial charge in [0.1, 0.15) is 5.78 Å². The molecular weight excluding hydrogens is 302 g/mol. The quantitative estimate of drug-likeness (QED) is 0.790. The number of piperazine rings is 1. The van der Waals surface area contributed by atoms with Crippen LogP contribution >= 0.6 is 0 Å². The minimum absolute atomic E-state index is 0.126. The fourth-order valence-electron chi connectivity index (χ4n) is 4.54. The lowest BCUT2D eigenvalue weighted by Crippen LogP contribution is -2.55. The van der Waals surface area contributed by atoms with Gasteiger partial charge >= 0.3 is 0 Å². The van der Waals surface area contributed by atoms with Crippen LogP contribution in [0.25, 0.3) is 0 Å². The second kappa shape index (κ2) is 7.96. The van der Waals surface area contributed by atoms with Crippen molar-refractivity contribution in [1.82, 2.24) is 14.9 Å². The van der Waals surface area contributed by atoms with Crippen LogP contribution in [0.2, 0.25) is 0 Å². The maximum absolute atomic E-state index is 12.8. The number of ketones is 1. The summed E-state index contributed by atoms with van der Waals surface area (Å²) >= 11 is 0. The van der Waals surface area contributed by atoms with E-state index in [1.807, 2.05) is 13.8 Å². The van der Waals surface area contributed by atoms with Gasteiger partial charge in [0.25, 0.3) is 0 Å². The number of hydrogen-bond donors (Lipinski definition) is 0. The van der Waals surface area contributed by atoms with Crippen molar-refractivity contribution in [3.8, 4) is 0 Å². The van der Waals surface area contributed by atoms with Gasteiger partial charge in [-0.25, -0.2) is 10.0 Å². The van der Waals surface area contributed by atoms with E-state index in [0.29, 0.717) is 11.7 Å². The normalized spacial score (nSPS) is 30.0. The summed E-state index contributed by atoms with van der Waals surface area (Å²) in [5, 5.41) is 4.90. The first kappa shape index (κ1) is 17.9. The van der Waals surface area contributed by atoms with Crippen molar-refractivity contribution in [3.63, 3.8) is 0 Å². The van der Waals surface area contributed by atoms with Crippen LogP contribution in [0.15, 0.2) is 0 Å². The van der Waals surface area contributed by atoms with E-state index in [2.05, 4.69) is 14.9 Å². The van der Waals surface area contributed by atoms with Crippen molar-refractivity contribution in [2.45, 2.75) is 52.4 Å². The van der Waals surface area contributed by atoms with Crippen LogP contribution in [-0.2, 0) is 9.59 Å². The number of Topliss-reactive ketones (excluding diaryl/α,β-unsaturated/α-hetero) is 1. The molecule has 0 aromatic rings. The minimum Gasteiger partial charge on any atom is -0.340 e. The molecule has 0 bridgehead atoms. The zero-order valence-corrected chi connectivity index (χ0v) is 15.4. The van der Waals surface area contributed by atoms with Crippen LogP contribution in [0, 0.1) is 17.8 Å². The molecule has 5 nitrogen and oxygen atoms in total. The molecule has 3 aliphatic rings. The number of amides is 1. The molecule has 24 heavy (non-hydrogen) atoms. The topological polar surface area (TPSA) is 43.9 Å². The summed E-state index contributed by atoms with van der Waals surface area (Å²) in [5.41, 5.74) is 0. The molecule has 1 amide bonds. The Morgan fingerprint density at radius 3 is 1.79 bits per heavy atom. The highest BCUT2D eigenvalue weighted by Gasteiger charge is 2.34. The predicted molar refractivity (Wildman–Crippen MR) is 94.3 cm³/mol. The fraction of sp³-hybridized carbons (Fsp3) is 0.895. The van der Waals surface area contributed by atoms with E-state index >= 15 is 0 Å². The third-order valence-electron chi connectivity index (χ3n) is 6.10. The van der Waals surface area contributed by atoms with E-state index in [0.717, 1.165) is 51.9 Å². The molecule has 3 rings (SSSR count). The molecule has 2 heterocycles. The lowest BCUT2D eigenvalue weighted by atomic mass is 9.77. The Labute approximate surface area is 146 Å². The second-order valence-electron chi connectivity index (χ2n) is 8.05. The average molecular weight is 335 g/mol. The van der Waals surface area contributed by atoms with E-state index in [1.54, 1.807) is 0 Å². The van der Waals surface area contributed by atoms with Gasteiger partial charge in [-0.05, 0) is 38.5 Å². The van der Waals surface area contributed by atoms with Crippen LogP contribution < -0.4 is 0 Å². The van der Waals surface area contributed by atoms with Gasteiger partial charge in [0.15, 0.2) is 0 Å². The Balaban J connectivity index is 1.44. The molecule has 0 radical (unpaired) electrons. The van der Waals surface area contributed by atoms with E-state index in [1.165, 1.54) is 25.9 Å². The first-order valence-electron chi connectivity index (χ1n) is 9.88. The van der Waals surface area contributed by atoms with E-state index in [4.69, 9.17) is 0 Å². The number of carbonyl (C=O) groups is 2. The Kier molecular flexibility index (Phi) is 5.93. The Bertz CT molecular complexity index is 444. The van der Waals surface area contributed by atoms with Crippen molar-refractivity contribution in [1.29, 1.82) is 0 Å². The van der Waals surface area contributed by atoms with Crippen LogP contribution in [0.3, 0.4) is 0 Å². The molecule has 5 heteroatoms. The number of carbonyl (C=O) groups excluding carboxylic acids is 2. The van der Waals surface area contributed by atoms with Crippen LogP contribution in [0.4, 0.5) is 0 Å². The Morgan fingerprint density at radius 2 is 1.25 bits per heavy atom. The van der Waals surface area contributed by atoms with Crippen molar-refractivity contribution in [3.05, 3.63) is 0 Å². The van der Waals surface area contributed by atoms with Gasteiger partial charge in [0, 0.05) is 57.0 Å². The standard InChI is InChI=1S/C19H33N3O2/c1-15(2)18(23)16-5-7-17(8-6-16)19(24)20-11-13-22(14-12-20)21-9-3-4-10-21/h15-17H,3-14H2,1-2H3/t16-,17-. The zero-order chi connectivity index (χ0) is 17.1. The van der Waals surface area contributed by atoms with E-state index in [9.17, 15) is 9.59 Å². The third kappa shape index (κ3) is 3.99. The number of hydrogen-bond acceptors (Lipinski definition) is 4. The summed E-state index contributed by atoms with van der Waals surface area (Å²) in [7, 11) is 0. The van der Waals surface area contributed by atoms with Crippen LogP contribution in [0.5, 0.6) is 0 Å². The number of nitrogens with zero attached hydrogens (tertiary/aromatic N) is 3. The molecule has 1 aliphatic carbocycles. The minimum atomic E-state index is 0.126. The highest BCUT2D eigenvalue weighted by atomic mass is 16.2. The Hall–Kier alpha value is -0.940.